The van der Waals surface area contributed by atoms with Gasteiger partial charge in [0.2, 0.25) is 0 Å². The molecule has 0 fully saturated rings. The van der Waals surface area contributed by atoms with Crippen molar-refractivity contribution in [1.82, 2.24) is 20.2 Å². The number of carbonyl (C=O) groups is 1. The van der Waals surface area contributed by atoms with E-state index in [4.69, 9.17) is 16.3 Å². The van der Waals surface area contributed by atoms with E-state index in [1.54, 1.807) is 12.1 Å². The van der Waals surface area contributed by atoms with Gasteiger partial charge in [-0.1, -0.05) is 53.7 Å². The van der Waals surface area contributed by atoms with Crippen LogP contribution in [-0.2, 0) is 4.79 Å². The minimum absolute atomic E-state index is 0.104. The smallest absolute Gasteiger partial charge is 0.250 e. The Morgan fingerprint density at radius 2 is 1.81 bits per heavy atom. The number of hydrazone groups is 1. The highest BCUT2D eigenvalue weighted by molar-refractivity contribution is 9.12. The van der Waals surface area contributed by atoms with Crippen LogP contribution in [0.25, 0.3) is 23.2 Å². The van der Waals surface area contributed by atoms with Gasteiger partial charge in [0.15, 0.2) is 11.0 Å². The number of benzene rings is 3. The van der Waals surface area contributed by atoms with Crippen molar-refractivity contribution in [2.45, 2.75) is 12.1 Å². The van der Waals surface area contributed by atoms with Gasteiger partial charge in [-0.15, -0.1) is 10.2 Å². The number of ether oxygens (including phenoxy) is 1. The number of amides is 1. The Kier molecular flexibility index (Phi) is 9.53. The molecule has 0 saturated carbocycles. The maximum absolute atomic E-state index is 12.5. The molecule has 1 aromatic heterocycles. The molecule has 1 amide bonds. The lowest BCUT2D eigenvalue weighted by molar-refractivity contribution is -0.118. The number of nitrogens with one attached hydrogen (secondary N) is 1. The van der Waals surface area contributed by atoms with E-state index >= 15 is 0 Å². The molecule has 3 aromatic carbocycles. The summed E-state index contributed by atoms with van der Waals surface area (Å²) in [5.74, 6) is 1.24. The van der Waals surface area contributed by atoms with Crippen molar-refractivity contribution < 1.29 is 9.53 Å². The average molecular weight is 597 g/mol. The SMILES string of the molecule is CCOc1ccc(-n2c(SCC(=O)N/N=C/C(Br)=C/c3ccccc3)nnc2-c2ccc(Cl)cc2)cc1. The highest BCUT2D eigenvalue weighted by Crippen LogP contribution is 2.29. The predicted molar refractivity (Wildman–Crippen MR) is 154 cm³/mol. The van der Waals surface area contributed by atoms with E-state index in [0.717, 1.165) is 27.0 Å². The molecule has 0 aliphatic carbocycles. The van der Waals surface area contributed by atoms with Crippen LogP contribution >= 0.6 is 39.3 Å². The summed E-state index contributed by atoms with van der Waals surface area (Å²) in [5.41, 5.74) is 5.26. The van der Waals surface area contributed by atoms with Gasteiger partial charge in [0.05, 0.1) is 18.6 Å². The Morgan fingerprint density at radius 3 is 2.51 bits per heavy atom. The number of halogens is 2. The normalized spacial score (nSPS) is 11.6. The van der Waals surface area contributed by atoms with Gasteiger partial charge >= 0.3 is 0 Å². The third kappa shape index (κ3) is 7.55. The highest BCUT2D eigenvalue weighted by atomic mass is 79.9. The molecular weight excluding hydrogens is 574 g/mol. The lowest BCUT2D eigenvalue weighted by Gasteiger charge is -2.11. The Balaban J connectivity index is 1.48. The number of aromatic nitrogens is 3. The summed E-state index contributed by atoms with van der Waals surface area (Å²) >= 11 is 10.8. The third-order valence-electron chi connectivity index (χ3n) is 4.96. The van der Waals surface area contributed by atoms with Crippen LogP contribution in [0.5, 0.6) is 5.75 Å². The number of allylic oxidation sites excluding steroid dienone is 1. The van der Waals surface area contributed by atoms with Crippen LogP contribution in [-0.4, -0.2) is 39.2 Å². The zero-order chi connectivity index (χ0) is 26.0. The van der Waals surface area contributed by atoms with Crippen LogP contribution in [0.15, 0.2) is 93.6 Å². The zero-order valence-corrected chi connectivity index (χ0v) is 23.0. The Bertz CT molecular complexity index is 1390. The number of rotatable bonds is 10. The standard InChI is InChI=1S/C27H23BrClN5O2S/c1-2-36-24-14-12-23(13-15-24)34-26(20-8-10-22(29)11-9-20)32-33-27(34)37-18-25(35)31-30-17-21(28)16-19-6-4-3-5-7-19/h3-17H,2,18H2,1H3,(H,31,35)/b21-16-,30-17+. The molecule has 7 nitrogen and oxygen atoms in total. The van der Waals surface area contributed by atoms with Crippen molar-refractivity contribution in [2.75, 3.05) is 12.4 Å². The van der Waals surface area contributed by atoms with Gasteiger partial charge in [-0.25, -0.2) is 5.43 Å². The second-order valence-electron chi connectivity index (χ2n) is 7.60. The van der Waals surface area contributed by atoms with Crippen LogP contribution in [0.1, 0.15) is 12.5 Å². The first-order chi connectivity index (χ1) is 18.0. The van der Waals surface area contributed by atoms with Gasteiger partial charge < -0.3 is 4.74 Å². The van der Waals surface area contributed by atoms with Gasteiger partial charge in [0, 0.05) is 20.8 Å². The molecule has 0 spiro atoms. The van der Waals surface area contributed by atoms with E-state index in [0.29, 0.717) is 22.6 Å². The first-order valence-corrected chi connectivity index (χ1v) is 13.5. The van der Waals surface area contributed by atoms with E-state index in [-0.39, 0.29) is 11.7 Å². The molecule has 0 aliphatic heterocycles. The van der Waals surface area contributed by atoms with E-state index in [1.165, 1.54) is 18.0 Å². The number of hydrogen-bond donors (Lipinski definition) is 1. The van der Waals surface area contributed by atoms with Crippen molar-refractivity contribution in [3.05, 3.63) is 93.9 Å². The van der Waals surface area contributed by atoms with Crippen LogP contribution < -0.4 is 10.2 Å². The molecule has 10 heteroatoms. The number of nitrogens with zero attached hydrogens (tertiary/aromatic N) is 4. The van der Waals surface area contributed by atoms with Gasteiger partial charge in [-0.3, -0.25) is 9.36 Å². The van der Waals surface area contributed by atoms with Crippen molar-refractivity contribution in [3.63, 3.8) is 0 Å². The maximum atomic E-state index is 12.5. The van der Waals surface area contributed by atoms with E-state index < -0.39 is 0 Å². The van der Waals surface area contributed by atoms with Crippen molar-refractivity contribution in [1.29, 1.82) is 0 Å². The second kappa shape index (κ2) is 13.2. The zero-order valence-electron chi connectivity index (χ0n) is 19.8. The summed E-state index contributed by atoms with van der Waals surface area (Å²) in [7, 11) is 0. The summed E-state index contributed by atoms with van der Waals surface area (Å²) in [6.45, 7) is 2.52. The van der Waals surface area contributed by atoms with Gasteiger partial charge in [0.1, 0.15) is 5.75 Å². The Hall–Kier alpha value is -3.40. The highest BCUT2D eigenvalue weighted by Gasteiger charge is 2.17. The molecule has 0 unspecified atom stereocenters. The van der Waals surface area contributed by atoms with Crippen LogP contribution in [0.4, 0.5) is 0 Å². The minimum atomic E-state index is -0.268. The number of thioether (sulfide) groups is 1. The topological polar surface area (TPSA) is 81.4 Å². The molecule has 1 heterocycles. The predicted octanol–water partition coefficient (Wildman–Crippen LogP) is 6.62. The second-order valence-corrected chi connectivity index (χ2v) is 9.89. The van der Waals surface area contributed by atoms with Crippen LogP contribution in [0.2, 0.25) is 5.02 Å². The Morgan fingerprint density at radius 1 is 1.08 bits per heavy atom. The quantitative estimate of drug-likeness (QED) is 0.126. The first-order valence-electron chi connectivity index (χ1n) is 11.3. The average Bonchev–Trinajstić information content (AvgIpc) is 3.33. The van der Waals surface area contributed by atoms with Gasteiger partial charge in [0.25, 0.3) is 5.91 Å². The first kappa shape index (κ1) is 26.7. The lowest BCUT2D eigenvalue weighted by Crippen LogP contribution is -2.19. The summed E-state index contributed by atoms with van der Waals surface area (Å²) in [4.78, 5) is 12.5. The fourth-order valence-corrected chi connectivity index (χ4v) is 4.55. The van der Waals surface area contributed by atoms with Crippen molar-refractivity contribution in [2.24, 2.45) is 5.10 Å². The third-order valence-corrected chi connectivity index (χ3v) is 6.57. The van der Waals surface area contributed by atoms with Crippen LogP contribution in [0, 0.1) is 0 Å². The molecule has 0 aliphatic rings. The molecule has 4 aromatic rings. The molecule has 4 rings (SSSR count). The monoisotopic (exact) mass is 595 g/mol. The number of carbonyl (C=O) groups excluding carboxylic acids is 1. The summed E-state index contributed by atoms with van der Waals surface area (Å²) < 4.78 is 8.20. The minimum Gasteiger partial charge on any atom is -0.494 e. The molecule has 0 radical (unpaired) electrons. The van der Waals surface area contributed by atoms with Crippen LogP contribution in [0.3, 0.4) is 0 Å². The van der Waals surface area contributed by atoms with Crippen molar-refractivity contribution >= 4 is 57.5 Å². The number of hydrogen-bond acceptors (Lipinski definition) is 6. The molecule has 0 saturated heterocycles. The van der Waals surface area contributed by atoms with Gasteiger partial charge in [-0.05, 0) is 83.0 Å². The summed E-state index contributed by atoms with van der Waals surface area (Å²) in [6, 6.07) is 24.8. The largest absolute Gasteiger partial charge is 0.494 e. The molecule has 37 heavy (non-hydrogen) atoms. The van der Waals surface area contributed by atoms with E-state index in [1.807, 2.05) is 84.3 Å². The Labute approximate surface area is 232 Å². The van der Waals surface area contributed by atoms with Gasteiger partial charge in [-0.2, -0.15) is 5.10 Å². The lowest BCUT2D eigenvalue weighted by atomic mass is 10.2. The molecule has 1 N–H and O–H groups in total. The fraction of sp³-hybridized carbons (Fsp3) is 0.111. The molecular formula is C27H23BrClN5O2S. The fourth-order valence-electron chi connectivity index (χ4n) is 3.31. The molecule has 0 atom stereocenters. The van der Waals surface area contributed by atoms with Crippen molar-refractivity contribution in [3.8, 4) is 22.8 Å². The molecule has 188 valence electrons. The maximum Gasteiger partial charge on any atom is 0.250 e. The summed E-state index contributed by atoms with van der Waals surface area (Å²) in [5, 5.41) is 14.0. The van der Waals surface area contributed by atoms with E-state index in [9.17, 15) is 4.79 Å². The summed E-state index contributed by atoms with van der Waals surface area (Å²) in [6.07, 6.45) is 3.44. The molecule has 0 bridgehead atoms. The van der Waals surface area contributed by atoms with E-state index in [2.05, 4.69) is 36.7 Å².